The lowest BCUT2D eigenvalue weighted by Crippen LogP contribution is -2.31. The highest BCUT2D eigenvalue weighted by molar-refractivity contribution is 6.01. The van der Waals surface area contributed by atoms with Crippen LogP contribution in [0.1, 0.15) is 29.5 Å². The van der Waals surface area contributed by atoms with Crippen molar-refractivity contribution >= 4 is 17.4 Å². The predicted octanol–water partition coefficient (Wildman–Crippen LogP) is 2.59. The zero-order valence-electron chi connectivity index (χ0n) is 12.2. The van der Waals surface area contributed by atoms with Crippen LogP contribution in [0.15, 0.2) is 45.8 Å². The molecule has 1 aliphatic heterocycles. The summed E-state index contributed by atoms with van der Waals surface area (Å²) in [7, 11) is 0. The molecule has 1 aliphatic rings. The minimum absolute atomic E-state index is 0.541. The predicted molar refractivity (Wildman–Crippen MR) is 81.9 cm³/mol. The molecular weight excluding hydrogens is 282 g/mol. The summed E-state index contributed by atoms with van der Waals surface area (Å²) >= 11 is 0. The summed E-state index contributed by atoms with van der Waals surface area (Å²) in [5.41, 5.74) is 3.25. The van der Waals surface area contributed by atoms with Crippen molar-refractivity contribution in [2.24, 2.45) is 4.99 Å². The third-order valence-electron chi connectivity index (χ3n) is 3.58. The Morgan fingerprint density at radius 1 is 1.32 bits per heavy atom. The number of hydrogen-bond donors (Lipinski definition) is 3. The Bertz CT molecular complexity index is 721. The molecule has 6 heteroatoms. The molecular formula is C16H17N3O3. The molecule has 2 aromatic rings. The molecule has 1 aromatic heterocycles. The van der Waals surface area contributed by atoms with E-state index in [0.29, 0.717) is 18.7 Å². The molecule has 1 amide bonds. The third kappa shape index (κ3) is 2.87. The molecule has 2 heterocycles. The molecule has 0 saturated heterocycles. The Kier molecular flexibility index (Phi) is 3.93. The molecule has 0 radical (unpaired) electrons. The molecule has 0 aliphatic carbocycles. The van der Waals surface area contributed by atoms with Crippen molar-refractivity contribution in [3.8, 4) is 0 Å². The lowest BCUT2D eigenvalue weighted by atomic mass is 10.0. The number of aryl methyl sites for hydroxylation is 2. The van der Waals surface area contributed by atoms with Crippen LogP contribution >= 0.6 is 0 Å². The van der Waals surface area contributed by atoms with Crippen LogP contribution in [0.2, 0.25) is 0 Å². The summed E-state index contributed by atoms with van der Waals surface area (Å²) in [6.45, 7) is 1.90. The van der Waals surface area contributed by atoms with Crippen LogP contribution in [-0.4, -0.2) is 17.0 Å². The summed E-state index contributed by atoms with van der Waals surface area (Å²) in [6.07, 6.45) is 1.31. The van der Waals surface area contributed by atoms with E-state index >= 15 is 0 Å². The van der Waals surface area contributed by atoms with Gasteiger partial charge in [0.15, 0.2) is 6.04 Å². The van der Waals surface area contributed by atoms with Crippen molar-refractivity contribution in [3.63, 3.8) is 0 Å². The molecule has 1 unspecified atom stereocenters. The Hall–Kier alpha value is -2.60. The van der Waals surface area contributed by atoms with E-state index in [1.807, 2.05) is 43.3 Å². The van der Waals surface area contributed by atoms with Crippen molar-refractivity contribution in [2.45, 2.75) is 25.8 Å². The van der Waals surface area contributed by atoms with Gasteiger partial charge in [0.2, 0.25) is 0 Å². The average molecular weight is 299 g/mol. The highest BCUT2D eigenvalue weighted by atomic mass is 16.5. The topological polar surface area (TPSA) is 86.9 Å². The third-order valence-corrected chi connectivity index (χ3v) is 3.58. The van der Waals surface area contributed by atoms with Gasteiger partial charge in [0.05, 0.1) is 0 Å². The minimum Gasteiger partial charge on any atom is -0.466 e. The number of nitrogens with one attached hydrogen (secondary N) is 2. The van der Waals surface area contributed by atoms with Crippen molar-refractivity contribution in [3.05, 3.63) is 53.5 Å². The monoisotopic (exact) mass is 299 g/mol. The number of benzene rings is 1. The van der Waals surface area contributed by atoms with Gasteiger partial charge in [-0.3, -0.25) is 15.0 Å². The summed E-state index contributed by atoms with van der Waals surface area (Å²) in [4.78, 5) is 16.2. The van der Waals surface area contributed by atoms with Gasteiger partial charge in [0.1, 0.15) is 17.4 Å². The number of hydrogen-bond acceptors (Lipinski definition) is 5. The second-order valence-corrected chi connectivity index (χ2v) is 5.18. The van der Waals surface area contributed by atoms with Gasteiger partial charge in [-0.25, -0.2) is 5.48 Å². The van der Waals surface area contributed by atoms with Crippen LogP contribution < -0.4 is 10.8 Å². The fraction of sp³-hybridized carbons (Fsp3) is 0.250. The van der Waals surface area contributed by atoms with E-state index in [1.54, 1.807) is 5.48 Å². The number of anilines is 1. The first-order chi connectivity index (χ1) is 10.7. The average Bonchev–Trinajstić information content (AvgIpc) is 2.97. The first kappa shape index (κ1) is 14.3. The van der Waals surface area contributed by atoms with Crippen molar-refractivity contribution in [1.82, 2.24) is 5.48 Å². The Labute approximate surface area is 127 Å². The molecule has 0 saturated carbocycles. The van der Waals surface area contributed by atoms with E-state index in [2.05, 4.69) is 10.3 Å². The number of amidine groups is 1. The van der Waals surface area contributed by atoms with E-state index in [4.69, 9.17) is 9.62 Å². The molecule has 0 bridgehead atoms. The minimum atomic E-state index is -0.740. The zero-order chi connectivity index (χ0) is 15.5. The number of furan rings is 1. The van der Waals surface area contributed by atoms with Crippen LogP contribution in [0.3, 0.4) is 0 Å². The highest BCUT2D eigenvalue weighted by Gasteiger charge is 2.26. The maximum Gasteiger partial charge on any atom is 0.272 e. The second kappa shape index (κ2) is 6.03. The Morgan fingerprint density at radius 2 is 2.14 bits per heavy atom. The summed E-state index contributed by atoms with van der Waals surface area (Å²) < 4.78 is 5.54. The van der Waals surface area contributed by atoms with Gasteiger partial charge in [0, 0.05) is 24.1 Å². The van der Waals surface area contributed by atoms with Gasteiger partial charge in [-0.15, -0.1) is 0 Å². The lowest BCUT2D eigenvalue weighted by Gasteiger charge is -2.23. The number of amides is 1. The van der Waals surface area contributed by atoms with Gasteiger partial charge < -0.3 is 9.73 Å². The number of nitrogens with zero attached hydrogens (tertiary/aromatic N) is 1. The molecule has 114 valence electrons. The van der Waals surface area contributed by atoms with Crippen LogP contribution in [0.4, 0.5) is 5.69 Å². The quantitative estimate of drug-likeness (QED) is 0.598. The number of hydroxylamine groups is 1. The molecule has 0 fully saturated rings. The van der Waals surface area contributed by atoms with Gasteiger partial charge in [-0.05, 0) is 25.1 Å². The largest absolute Gasteiger partial charge is 0.466 e. The molecule has 22 heavy (non-hydrogen) atoms. The van der Waals surface area contributed by atoms with Crippen molar-refractivity contribution in [1.29, 1.82) is 0 Å². The zero-order valence-corrected chi connectivity index (χ0v) is 12.2. The van der Waals surface area contributed by atoms with E-state index < -0.39 is 11.9 Å². The van der Waals surface area contributed by atoms with Crippen LogP contribution in [0.5, 0.6) is 0 Å². The Balaban J connectivity index is 1.80. The van der Waals surface area contributed by atoms with E-state index in [1.165, 1.54) is 0 Å². The van der Waals surface area contributed by atoms with E-state index in [0.717, 1.165) is 22.8 Å². The molecule has 3 rings (SSSR count). The number of rotatable bonds is 4. The normalized spacial score (nSPS) is 16.5. The van der Waals surface area contributed by atoms with Crippen LogP contribution in [-0.2, 0) is 11.2 Å². The number of aliphatic imine (C=N–C) groups is 1. The summed E-state index contributed by atoms with van der Waals surface area (Å²) in [6, 6.07) is 10.5. The molecule has 3 N–H and O–H groups in total. The fourth-order valence-corrected chi connectivity index (χ4v) is 2.51. The summed E-state index contributed by atoms with van der Waals surface area (Å²) in [5, 5.41) is 12.1. The number of para-hydroxylation sites is 1. The van der Waals surface area contributed by atoms with E-state index in [9.17, 15) is 4.79 Å². The van der Waals surface area contributed by atoms with Crippen molar-refractivity contribution in [2.75, 3.05) is 5.32 Å². The summed E-state index contributed by atoms with van der Waals surface area (Å²) in [5.74, 6) is 1.90. The molecule has 1 aromatic carbocycles. The second-order valence-electron chi connectivity index (χ2n) is 5.18. The first-order valence-corrected chi connectivity index (χ1v) is 7.09. The van der Waals surface area contributed by atoms with Gasteiger partial charge in [-0.1, -0.05) is 18.2 Å². The van der Waals surface area contributed by atoms with Crippen molar-refractivity contribution < 1.29 is 14.4 Å². The molecule has 6 nitrogen and oxygen atoms in total. The van der Waals surface area contributed by atoms with Gasteiger partial charge in [-0.2, -0.15) is 0 Å². The molecule has 0 spiro atoms. The van der Waals surface area contributed by atoms with Gasteiger partial charge >= 0.3 is 0 Å². The smallest absolute Gasteiger partial charge is 0.272 e. The maximum atomic E-state index is 11.8. The number of fused-ring (bicyclic) bond motifs is 1. The van der Waals surface area contributed by atoms with Gasteiger partial charge in [0.25, 0.3) is 5.91 Å². The lowest BCUT2D eigenvalue weighted by molar-refractivity contribution is -0.130. The van der Waals surface area contributed by atoms with Crippen LogP contribution in [0, 0.1) is 6.92 Å². The number of carbonyl (C=O) groups is 1. The molecule has 1 atom stereocenters. The highest BCUT2D eigenvalue weighted by Crippen LogP contribution is 2.30. The number of carbonyl (C=O) groups excluding carboxylic acids is 1. The maximum absolute atomic E-state index is 11.8. The standard InChI is InChI=1S/C16H17N3O3/c1-10-6-7-11(22-10)8-9-14-17-13-5-3-2-4-12(13)15(18-14)16(20)19-21/h2-7,15,21H,8-9H2,1H3,(H,17,18)(H,19,20). The van der Waals surface area contributed by atoms with Crippen LogP contribution in [0.25, 0.3) is 0 Å². The SMILES string of the molecule is Cc1ccc(CCC2=NC(C(=O)NO)c3ccccc3N2)o1. The van der Waals surface area contributed by atoms with E-state index in [-0.39, 0.29) is 0 Å². The Morgan fingerprint density at radius 3 is 2.86 bits per heavy atom. The first-order valence-electron chi connectivity index (χ1n) is 7.09. The fourth-order valence-electron chi connectivity index (χ4n) is 2.51.